The maximum atomic E-state index is 11.1. The third-order valence-electron chi connectivity index (χ3n) is 1.22. The summed E-state index contributed by atoms with van der Waals surface area (Å²) in [5.41, 5.74) is 0.218. The number of carbonyl (C=O) groups is 2. The smallest absolute Gasteiger partial charge is 0.305 e. The maximum Gasteiger partial charge on any atom is 0.305 e. The number of aliphatic carboxylic acids is 1. The molecule has 1 aromatic heterocycles. The van der Waals surface area contributed by atoms with E-state index in [2.05, 4.69) is 14.1 Å². The van der Waals surface area contributed by atoms with E-state index in [4.69, 9.17) is 5.11 Å². The molecule has 0 aliphatic carbocycles. The van der Waals surface area contributed by atoms with E-state index < -0.39 is 11.9 Å². The van der Waals surface area contributed by atoms with Crippen LogP contribution in [-0.2, 0) is 4.79 Å². The van der Waals surface area contributed by atoms with Crippen LogP contribution in [-0.4, -0.2) is 32.3 Å². The third-order valence-corrected chi connectivity index (χ3v) is 1.70. The van der Waals surface area contributed by atoms with Crippen LogP contribution in [0.1, 0.15) is 16.9 Å². The topological polar surface area (TPSA) is 92.2 Å². The highest BCUT2D eigenvalue weighted by atomic mass is 32.1. The number of amides is 1. The Morgan fingerprint density at radius 1 is 1.62 bits per heavy atom. The van der Waals surface area contributed by atoms with Crippen LogP contribution in [0.5, 0.6) is 0 Å². The number of nitrogens with zero attached hydrogens (tertiary/aromatic N) is 2. The molecule has 0 aliphatic rings. The van der Waals surface area contributed by atoms with Crippen molar-refractivity contribution >= 4 is 23.6 Å². The Morgan fingerprint density at radius 3 is 2.92 bits per heavy atom. The Labute approximate surface area is 77.9 Å². The molecule has 0 spiro atoms. The number of carboxylic acid groups (broad SMARTS) is 1. The summed E-state index contributed by atoms with van der Waals surface area (Å²) in [7, 11) is 0. The number of aromatic nitrogens is 2. The van der Waals surface area contributed by atoms with Crippen LogP contribution in [0.4, 0.5) is 0 Å². The minimum absolute atomic E-state index is 0.0939. The van der Waals surface area contributed by atoms with Gasteiger partial charge in [-0.15, -0.1) is 0 Å². The molecule has 0 saturated carbocycles. The lowest BCUT2D eigenvalue weighted by molar-refractivity contribution is -0.136. The SMILES string of the molecule is O=C(O)CCNC(=O)c1cnsn1. The van der Waals surface area contributed by atoms with Crippen molar-refractivity contribution in [2.45, 2.75) is 6.42 Å². The highest BCUT2D eigenvalue weighted by Gasteiger charge is 2.07. The molecule has 1 amide bonds. The first-order valence-corrected chi connectivity index (χ1v) is 4.20. The Bertz CT molecular complexity index is 298. The Balaban J connectivity index is 2.31. The summed E-state index contributed by atoms with van der Waals surface area (Å²) >= 11 is 0.931. The zero-order valence-corrected chi connectivity index (χ0v) is 7.37. The second kappa shape index (κ2) is 4.51. The van der Waals surface area contributed by atoms with Gasteiger partial charge in [-0.25, -0.2) is 0 Å². The van der Waals surface area contributed by atoms with Crippen molar-refractivity contribution in [3.8, 4) is 0 Å². The molecule has 6 nitrogen and oxygen atoms in total. The number of rotatable bonds is 4. The zero-order valence-electron chi connectivity index (χ0n) is 6.56. The molecule has 0 unspecified atom stereocenters. The molecule has 1 aromatic rings. The molecule has 0 radical (unpaired) electrons. The van der Waals surface area contributed by atoms with Gasteiger partial charge in [0.2, 0.25) is 0 Å². The van der Waals surface area contributed by atoms with Gasteiger partial charge in [-0.2, -0.15) is 8.75 Å². The number of nitrogens with one attached hydrogen (secondary N) is 1. The summed E-state index contributed by atoms with van der Waals surface area (Å²) in [5.74, 6) is -1.34. The van der Waals surface area contributed by atoms with Crippen LogP contribution >= 0.6 is 11.7 Å². The second-order valence-electron chi connectivity index (χ2n) is 2.19. The van der Waals surface area contributed by atoms with Gasteiger partial charge in [0.05, 0.1) is 24.3 Å². The Kier molecular flexibility index (Phi) is 3.32. The third kappa shape index (κ3) is 3.16. The molecule has 1 rings (SSSR count). The first kappa shape index (κ1) is 9.59. The Hall–Kier alpha value is -1.50. The Morgan fingerprint density at radius 2 is 2.38 bits per heavy atom. The second-order valence-corrected chi connectivity index (χ2v) is 2.75. The van der Waals surface area contributed by atoms with Crippen LogP contribution in [0, 0.1) is 0 Å². The molecular weight excluding hydrogens is 194 g/mol. The molecule has 1 heterocycles. The van der Waals surface area contributed by atoms with Gasteiger partial charge < -0.3 is 10.4 Å². The molecule has 0 aromatic carbocycles. The molecule has 70 valence electrons. The average molecular weight is 201 g/mol. The summed E-state index contributed by atoms with van der Waals surface area (Å²) < 4.78 is 7.32. The maximum absolute atomic E-state index is 11.1. The molecule has 2 N–H and O–H groups in total. The van der Waals surface area contributed by atoms with Crippen molar-refractivity contribution in [3.63, 3.8) is 0 Å². The fourth-order valence-corrected chi connectivity index (χ4v) is 1.05. The van der Waals surface area contributed by atoms with Gasteiger partial charge in [-0.05, 0) is 0 Å². The van der Waals surface area contributed by atoms with Crippen LogP contribution in [0.2, 0.25) is 0 Å². The molecule has 0 atom stereocenters. The van der Waals surface area contributed by atoms with Gasteiger partial charge in [0.1, 0.15) is 0 Å². The number of carboxylic acids is 1. The lowest BCUT2D eigenvalue weighted by atomic mass is 10.4. The number of hydrogen-bond donors (Lipinski definition) is 2. The minimum atomic E-state index is -0.947. The lowest BCUT2D eigenvalue weighted by Gasteiger charge is -1.98. The summed E-state index contributed by atoms with van der Waals surface area (Å²) in [4.78, 5) is 21.2. The molecule has 0 saturated heterocycles. The van der Waals surface area contributed by atoms with Gasteiger partial charge >= 0.3 is 5.97 Å². The van der Waals surface area contributed by atoms with Crippen molar-refractivity contribution in [1.82, 2.24) is 14.1 Å². The molecule has 7 heteroatoms. The van der Waals surface area contributed by atoms with Crippen LogP contribution in [0.3, 0.4) is 0 Å². The molecule has 13 heavy (non-hydrogen) atoms. The predicted octanol–water partition coefficient (Wildman–Crippen LogP) is -0.257. The van der Waals surface area contributed by atoms with Crippen LogP contribution < -0.4 is 5.32 Å². The van der Waals surface area contributed by atoms with Crippen molar-refractivity contribution < 1.29 is 14.7 Å². The monoisotopic (exact) mass is 201 g/mol. The van der Waals surface area contributed by atoms with Crippen molar-refractivity contribution in [3.05, 3.63) is 11.9 Å². The van der Waals surface area contributed by atoms with Gasteiger partial charge in [-0.3, -0.25) is 9.59 Å². The summed E-state index contributed by atoms with van der Waals surface area (Å²) in [6.07, 6.45) is 1.24. The van der Waals surface area contributed by atoms with Crippen LogP contribution in [0.15, 0.2) is 6.20 Å². The van der Waals surface area contributed by atoms with E-state index in [1.54, 1.807) is 0 Å². The summed E-state index contributed by atoms with van der Waals surface area (Å²) in [5, 5.41) is 10.7. The van der Waals surface area contributed by atoms with Crippen molar-refractivity contribution in [1.29, 1.82) is 0 Å². The summed E-state index contributed by atoms with van der Waals surface area (Å²) in [6.45, 7) is 0.103. The minimum Gasteiger partial charge on any atom is -0.481 e. The first-order chi connectivity index (χ1) is 6.20. The van der Waals surface area contributed by atoms with E-state index in [1.807, 2.05) is 0 Å². The predicted molar refractivity (Wildman–Crippen MR) is 44.5 cm³/mol. The number of carbonyl (C=O) groups excluding carboxylic acids is 1. The van der Waals surface area contributed by atoms with Gasteiger partial charge in [0, 0.05) is 6.54 Å². The number of hydrogen-bond acceptors (Lipinski definition) is 5. The lowest BCUT2D eigenvalue weighted by Crippen LogP contribution is -2.26. The van der Waals surface area contributed by atoms with E-state index in [0.29, 0.717) is 0 Å². The molecular formula is C6H7N3O3S. The van der Waals surface area contributed by atoms with Crippen molar-refractivity contribution in [2.24, 2.45) is 0 Å². The zero-order chi connectivity index (χ0) is 9.68. The van der Waals surface area contributed by atoms with E-state index in [9.17, 15) is 9.59 Å². The van der Waals surface area contributed by atoms with E-state index in [-0.39, 0.29) is 18.7 Å². The first-order valence-electron chi connectivity index (χ1n) is 3.47. The highest BCUT2D eigenvalue weighted by Crippen LogP contribution is 1.94. The van der Waals surface area contributed by atoms with E-state index in [1.165, 1.54) is 6.20 Å². The fraction of sp³-hybridized carbons (Fsp3) is 0.333. The standard InChI is InChI=1S/C6H7N3O3S/c10-5(11)1-2-7-6(12)4-3-8-13-9-4/h3H,1-2H2,(H,7,12)(H,10,11). The normalized spacial score (nSPS) is 9.54. The van der Waals surface area contributed by atoms with Gasteiger partial charge in [0.25, 0.3) is 5.91 Å². The van der Waals surface area contributed by atoms with Crippen molar-refractivity contribution in [2.75, 3.05) is 6.54 Å². The van der Waals surface area contributed by atoms with E-state index >= 15 is 0 Å². The fourth-order valence-electron chi connectivity index (χ4n) is 0.638. The average Bonchev–Trinajstić information content (AvgIpc) is 2.55. The quantitative estimate of drug-likeness (QED) is 0.700. The molecule has 0 bridgehead atoms. The highest BCUT2D eigenvalue weighted by molar-refractivity contribution is 6.99. The van der Waals surface area contributed by atoms with E-state index in [0.717, 1.165) is 11.7 Å². The van der Waals surface area contributed by atoms with Crippen LogP contribution in [0.25, 0.3) is 0 Å². The van der Waals surface area contributed by atoms with Gasteiger partial charge in [0.15, 0.2) is 5.69 Å². The molecule has 0 fully saturated rings. The largest absolute Gasteiger partial charge is 0.481 e. The van der Waals surface area contributed by atoms with Gasteiger partial charge in [-0.1, -0.05) is 0 Å². The summed E-state index contributed by atoms with van der Waals surface area (Å²) in [6, 6.07) is 0. The molecule has 0 aliphatic heterocycles.